The zero-order valence-electron chi connectivity index (χ0n) is 14.3. The van der Waals surface area contributed by atoms with Crippen molar-refractivity contribution in [2.75, 3.05) is 20.3 Å². The van der Waals surface area contributed by atoms with Gasteiger partial charge in [0, 0.05) is 10.8 Å². The highest BCUT2D eigenvalue weighted by Gasteiger charge is 2.12. The molecule has 0 saturated heterocycles. The Kier molecular flexibility index (Phi) is 5.14. The smallest absolute Gasteiger partial charge is 0.177 e. The van der Waals surface area contributed by atoms with Gasteiger partial charge in [0.15, 0.2) is 18.6 Å². The molecule has 1 N–H and O–H groups in total. The molecule has 1 heterocycles. The average molecular weight is 342 g/mol. The largest absolute Gasteiger partial charge is 0.497 e. The minimum atomic E-state index is -1.38. The van der Waals surface area contributed by atoms with Crippen molar-refractivity contribution in [2.45, 2.75) is 6.17 Å². The van der Waals surface area contributed by atoms with Gasteiger partial charge in [0.2, 0.25) is 0 Å². The lowest BCUT2D eigenvalue weighted by molar-refractivity contribution is -0.669. The Bertz CT molecular complexity index is 865. The van der Waals surface area contributed by atoms with E-state index in [1.807, 2.05) is 60.3 Å². The second-order valence-electron chi connectivity index (χ2n) is 5.91. The topological polar surface area (TPSA) is 42.6 Å². The van der Waals surface area contributed by atoms with Crippen LogP contribution >= 0.6 is 0 Å². The van der Waals surface area contributed by atoms with Gasteiger partial charge in [-0.05, 0) is 35.9 Å². The SMILES string of the molecule is COc1ccc(-c2c[n+](C)cc3cc(OCC(F)CO)ccc23)cc1. The van der Waals surface area contributed by atoms with Crippen LogP contribution < -0.4 is 14.0 Å². The lowest BCUT2D eigenvalue weighted by Crippen LogP contribution is -2.26. The second-order valence-corrected chi connectivity index (χ2v) is 5.91. The van der Waals surface area contributed by atoms with Gasteiger partial charge in [0.1, 0.15) is 25.2 Å². The van der Waals surface area contributed by atoms with E-state index in [-0.39, 0.29) is 6.61 Å². The first kappa shape index (κ1) is 17.2. The summed E-state index contributed by atoms with van der Waals surface area (Å²) in [6, 6.07) is 13.6. The van der Waals surface area contributed by atoms with Crippen LogP contribution in [0.25, 0.3) is 21.9 Å². The van der Waals surface area contributed by atoms with Crippen molar-refractivity contribution in [3.8, 4) is 22.6 Å². The molecule has 0 aliphatic heterocycles. The first-order valence-corrected chi connectivity index (χ1v) is 8.06. The number of methoxy groups -OCH3 is 1. The first-order chi connectivity index (χ1) is 12.1. The van der Waals surface area contributed by atoms with E-state index in [0.717, 1.165) is 27.6 Å². The number of aliphatic hydroxyl groups excluding tert-OH is 1. The Morgan fingerprint density at radius 3 is 2.48 bits per heavy atom. The van der Waals surface area contributed by atoms with E-state index < -0.39 is 12.8 Å². The third kappa shape index (κ3) is 3.88. The Balaban J connectivity index is 1.98. The van der Waals surface area contributed by atoms with Gasteiger partial charge in [-0.3, -0.25) is 0 Å². The Hall–Kier alpha value is -2.66. The van der Waals surface area contributed by atoms with Gasteiger partial charge in [0.25, 0.3) is 0 Å². The fraction of sp³-hybridized carbons (Fsp3) is 0.250. The number of hydrogen-bond donors (Lipinski definition) is 1. The summed E-state index contributed by atoms with van der Waals surface area (Å²) in [5.41, 5.74) is 2.17. The van der Waals surface area contributed by atoms with Crippen molar-refractivity contribution < 1.29 is 23.5 Å². The predicted octanol–water partition coefficient (Wildman–Crippen LogP) is 3.05. The minimum absolute atomic E-state index is 0.160. The molecule has 0 aliphatic carbocycles. The molecule has 4 nitrogen and oxygen atoms in total. The van der Waals surface area contributed by atoms with Gasteiger partial charge in [-0.1, -0.05) is 12.1 Å². The van der Waals surface area contributed by atoms with E-state index in [2.05, 4.69) is 6.20 Å². The summed E-state index contributed by atoms with van der Waals surface area (Å²) >= 11 is 0. The molecule has 0 bridgehead atoms. The number of benzene rings is 2. The summed E-state index contributed by atoms with van der Waals surface area (Å²) in [7, 11) is 3.61. The quantitative estimate of drug-likeness (QED) is 0.700. The van der Waals surface area contributed by atoms with E-state index in [9.17, 15) is 4.39 Å². The van der Waals surface area contributed by atoms with E-state index in [0.29, 0.717) is 5.75 Å². The number of hydrogen-bond acceptors (Lipinski definition) is 3. The molecule has 3 aromatic rings. The van der Waals surface area contributed by atoms with Gasteiger partial charge < -0.3 is 14.6 Å². The zero-order chi connectivity index (χ0) is 17.8. The summed E-state index contributed by atoms with van der Waals surface area (Å²) in [6.45, 7) is -0.698. The number of aryl methyl sites for hydroxylation is 1. The van der Waals surface area contributed by atoms with Crippen LogP contribution in [0.15, 0.2) is 54.9 Å². The molecule has 25 heavy (non-hydrogen) atoms. The maximum absolute atomic E-state index is 13.2. The molecule has 2 aromatic carbocycles. The fourth-order valence-electron chi connectivity index (χ4n) is 2.75. The molecule has 0 radical (unpaired) electrons. The summed E-state index contributed by atoms with van der Waals surface area (Å²) in [5, 5.41) is 10.8. The van der Waals surface area contributed by atoms with Crippen molar-refractivity contribution in [3.05, 3.63) is 54.9 Å². The molecule has 1 unspecified atom stereocenters. The molecule has 130 valence electrons. The van der Waals surface area contributed by atoms with Crippen LogP contribution in [0.1, 0.15) is 0 Å². The molecule has 3 rings (SSSR count). The van der Waals surface area contributed by atoms with Gasteiger partial charge in [0.05, 0.1) is 19.3 Å². The van der Waals surface area contributed by atoms with Gasteiger partial charge in [-0.15, -0.1) is 0 Å². The van der Waals surface area contributed by atoms with Crippen molar-refractivity contribution in [3.63, 3.8) is 0 Å². The Morgan fingerprint density at radius 1 is 1.08 bits per heavy atom. The molecule has 0 saturated carbocycles. The maximum atomic E-state index is 13.2. The number of nitrogens with zero attached hydrogens (tertiary/aromatic N) is 1. The van der Waals surface area contributed by atoms with Crippen LogP contribution in [0.3, 0.4) is 0 Å². The summed E-state index contributed by atoms with van der Waals surface area (Å²) in [4.78, 5) is 0. The highest BCUT2D eigenvalue weighted by molar-refractivity contribution is 5.95. The maximum Gasteiger partial charge on any atom is 0.177 e. The third-order valence-electron chi connectivity index (χ3n) is 4.02. The van der Waals surface area contributed by atoms with Crippen molar-refractivity contribution in [1.82, 2.24) is 0 Å². The Labute approximate surface area is 146 Å². The van der Waals surface area contributed by atoms with Crippen LogP contribution in [0, 0.1) is 0 Å². The minimum Gasteiger partial charge on any atom is -0.497 e. The lowest BCUT2D eigenvalue weighted by atomic mass is 10.0. The molecule has 0 amide bonds. The van der Waals surface area contributed by atoms with Crippen molar-refractivity contribution in [2.24, 2.45) is 7.05 Å². The third-order valence-corrected chi connectivity index (χ3v) is 4.02. The van der Waals surface area contributed by atoms with Crippen LogP contribution in [0.4, 0.5) is 4.39 Å². The van der Waals surface area contributed by atoms with Crippen LogP contribution in [0.2, 0.25) is 0 Å². The predicted molar refractivity (Wildman–Crippen MR) is 94.6 cm³/mol. The van der Waals surface area contributed by atoms with E-state index in [1.165, 1.54) is 0 Å². The number of aliphatic hydroxyl groups is 1. The standard InChI is InChI=1S/C20H21FNO3/c1-22-10-15-9-18(25-13-16(21)12-23)7-8-19(15)20(11-22)14-3-5-17(24-2)6-4-14/h3-11,16,23H,12-13H2,1-2H3/q+1. The number of fused-ring (bicyclic) bond motifs is 1. The van der Waals surface area contributed by atoms with Gasteiger partial charge in [-0.25, -0.2) is 8.96 Å². The molecule has 0 aliphatic rings. The highest BCUT2D eigenvalue weighted by atomic mass is 19.1. The van der Waals surface area contributed by atoms with Crippen LogP contribution in [-0.4, -0.2) is 31.6 Å². The molecule has 1 aromatic heterocycles. The number of ether oxygens (including phenoxy) is 2. The van der Waals surface area contributed by atoms with Crippen molar-refractivity contribution in [1.29, 1.82) is 0 Å². The monoisotopic (exact) mass is 342 g/mol. The summed E-state index contributed by atoms with van der Waals surface area (Å²) in [5.74, 6) is 1.39. The molecule has 0 spiro atoms. The molecular formula is C20H21FNO3+. The number of rotatable bonds is 6. The Morgan fingerprint density at radius 2 is 1.80 bits per heavy atom. The number of pyridine rings is 1. The first-order valence-electron chi connectivity index (χ1n) is 8.06. The second kappa shape index (κ2) is 7.49. The van der Waals surface area contributed by atoms with Crippen molar-refractivity contribution >= 4 is 10.8 Å². The van der Waals surface area contributed by atoms with Crippen LogP contribution in [0.5, 0.6) is 11.5 Å². The molecule has 5 heteroatoms. The molecule has 1 atom stereocenters. The summed E-state index contributed by atoms with van der Waals surface area (Å²) < 4.78 is 25.8. The van der Waals surface area contributed by atoms with Gasteiger partial charge in [-0.2, -0.15) is 0 Å². The summed E-state index contributed by atoms with van der Waals surface area (Å²) in [6.07, 6.45) is 2.68. The van der Waals surface area contributed by atoms with E-state index >= 15 is 0 Å². The number of aromatic nitrogens is 1. The number of alkyl halides is 1. The van der Waals surface area contributed by atoms with Crippen LogP contribution in [-0.2, 0) is 7.05 Å². The normalized spacial score (nSPS) is 12.2. The van der Waals surface area contributed by atoms with E-state index in [4.69, 9.17) is 14.6 Å². The average Bonchev–Trinajstić information content (AvgIpc) is 2.65. The lowest BCUT2D eigenvalue weighted by Gasteiger charge is -2.10. The number of halogens is 1. The molecular weight excluding hydrogens is 321 g/mol. The van der Waals surface area contributed by atoms with E-state index in [1.54, 1.807) is 7.11 Å². The zero-order valence-corrected chi connectivity index (χ0v) is 14.3. The molecule has 0 fully saturated rings. The van der Waals surface area contributed by atoms with Gasteiger partial charge >= 0.3 is 0 Å². The highest BCUT2D eigenvalue weighted by Crippen LogP contribution is 2.30. The fourth-order valence-corrected chi connectivity index (χ4v) is 2.75.